The predicted molar refractivity (Wildman–Crippen MR) is 101 cm³/mol. The van der Waals surface area contributed by atoms with Crippen LogP contribution in [0.4, 0.5) is 5.69 Å². The molecular weight excluding hydrogens is 332 g/mol. The fourth-order valence-corrected chi connectivity index (χ4v) is 4.20. The second-order valence-electron chi connectivity index (χ2n) is 6.30. The molecule has 0 bridgehead atoms. The number of carbonyl (C=O) groups is 2. The molecule has 0 spiro atoms. The lowest BCUT2D eigenvalue weighted by Crippen LogP contribution is -2.37. The minimum atomic E-state index is -0.00843. The maximum atomic E-state index is 12.4. The van der Waals surface area contributed by atoms with Crippen molar-refractivity contribution in [3.05, 3.63) is 64.5 Å². The number of hydrogen-bond acceptors (Lipinski definition) is 4. The van der Waals surface area contributed by atoms with Crippen LogP contribution in [0, 0.1) is 0 Å². The summed E-state index contributed by atoms with van der Waals surface area (Å²) in [5.74, 6) is -0.00843. The zero-order valence-electron chi connectivity index (χ0n) is 13.7. The molecule has 0 saturated carbocycles. The number of nitrogens with one attached hydrogen (secondary N) is 1. The largest absolute Gasteiger partial charge is 0.325 e. The van der Waals surface area contributed by atoms with Crippen LogP contribution in [0.5, 0.6) is 0 Å². The normalized spacial score (nSPS) is 14.2. The molecule has 0 saturated heterocycles. The van der Waals surface area contributed by atoms with Gasteiger partial charge in [0.1, 0.15) is 0 Å². The van der Waals surface area contributed by atoms with Crippen LogP contribution in [-0.4, -0.2) is 30.2 Å². The summed E-state index contributed by atoms with van der Waals surface area (Å²) in [6.07, 6.45) is 1.84. The van der Waals surface area contributed by atoms with Gasteiger partial charge in [-0.3, -0.25) is 14.5 Å². The van der Waals surface area contributed by atoms with E-state index in [9.17, 15) is 9.59 Å². The van der Waals surface area contributed by atoms with Crippen LogP contribution in [0.3, 0.4) is 0 Å². The highest BCUT2D eigenvalue weighted by Gasteiger charge is 2.18. The molecule has 0 unspecified atom stereocenters. The van der Waals surface area contributed by atoms with Gasteiger partial charge in [-0.1, -0.05) is 30.3 Å². The van der Waals surface area contributed by atoms with Gasteiger partial charge in [0, 0.05) is 23.5 Å². The third-order valence-electron chi connectivity index (χ3n) is 4.52. The molecule has 2 aromatic carbocycles. The van der Waals surface area contributed by atoms with E-state index in [1.165, 1.54) is 22.5 Å². The van der Waals surface area contributed by atoms with Crippen LogP contribution in [-0.2, 0) is 17.8 Å². The Morgan fingerprint density at radius 1 is 1.16 bits per heavy atom. The zero-order valence-corrected chi connectivity index (χ0v) is 14.5. The quantitative estimate of drug-likeness (QED) is 0.730. The summed E-state index contributed by atoms with van der Waals surface area (Å²) in [6.45, 7) is 2.10. The van der Waals surface area contributed by atoms with Crippen molar-refractivity contribution in [2.75, 3.05) is 18.4 Å². The Hall–Kier alpha value is -2.50. The number of aldehydes is 1. The van der Waals surface area contributed by atoms with E-state index >= 15 is 0 Å². The Kier molecular flexibility index (Phi) is 4.34. The van der Waals surface area contributed by atoms with Crippen molar-refractivity contribution < 1.29 is 9.59 Å². The second-order valence-corrected chi connectivity index (χ2v) is 7.41. The van der Waals surface area contributed by atoms with Gasteiger partial charge in [-0.05, 0) is 41.1 Å². The van der Waals surface area contributed by atoms with E-state index < -0.39 is 0 Å². The third-order valence-corrected chi connectivity index (χ3v) is 5.54. The number of carbonyl (C=O) groups excluding carboxylic acids is 2. The summed E-state index contributed by atoms with van der Waals surface area (Å²) in [5.41, 5.74) is 3.46. The zero-order chi connectivity index (χ0) is 17.2. The van der Waals surface area contributed by atoms with Gasteiger partial charge in [0.25, 0.3) is 0 Å². The number of thiophene rings is 1. The van der Waals surface area contributed by atoms with Crippen LogP contribution in [0.2, 0.25) is 0 Å². The molecule has 0 fully saturated rings. The van der Waals surface area contributed by atoms with Gasteiger partial charge in [0.05, 0.1) is 11.4 Å². The second kappa shape index (κ2) is 6.78. The molecule has 0 radical (unpaired) electrons. The minimum Gasteiger partial charge on any atom is -0.325 e. The average Bonchev–Trinajstić information content (AvgIpc) is 3.04. The number of rotatable bonds is 4. The summed E-state index contributed by atoms with van der Waals surface area (Å²) in [7, 11) is 0. The van der Waals surface area contributed by atoms with Crippen molar-refractivity contribution in [2.45, 2.75) is 13.0 Å². The molecule has 0 atom stereocenters. The number of fused-ring (bicyclic) bond motifs is 2. The Labute approximate surface area is 150 Å². The smallest absolute Gasteiger partial charge is 0.238 e. The van der Waals surface area contributed by atoms with E-state index in [0.29, 0.717) is 11.4 Å². The molecule has 1 N–H and O–H groups in total. The van der Waals surface area contributed by atoms with Gasteiger partial charge in [0.15, 0.2) is 6.29 Å². The fraction of sp³-hybridized carbons (Fsp3) is 0.200. The summed E-state index contributed by atoms with van der Waals surface area (Å²) in [5, 5.41) is 4.00. The van der Waals surface area contributed by atoms with Gasteiger partial charge in [-0.25, -0.2) is 0 Å². The SMILES string of the molecule is O=Cc1cc2ccc(NC(=O)CN3CCc4ccccc4C3)cc2s1. The van der Waals surface area contributed by atoms with E-state index in [0.717, 1.165) is 41.6 Å². The standard InChI is InChI=1S/C20H18N2O2S/c23-13-18-9-15-5-6-17(10-19(15)25-18)21-20(24)12-22-8-7-14-3-1-2-4-16(14)11-22/h1-6,9-10,13H,7-8,11-12H2,(H,21,24). The number of benzene rings is 2. The molecular formula is C20H18N2O2S. The van der Waals surface area contributed by atoms with Crippen molar-refractivity contribution in [1.29, 1.82) is 0 Å². The average molecular weight is 350 g/mol. The van der Waals surface area contributed by atoms with E-state index in [4.69, 9.17) is 0 Å². The first-order valence-corrected chi connectivity index (χ1v) is 9.11. The van der Waals surface area contributed by atoms with E-state index in [1.807, 2.05) is 30.3 Å². The fourth-order valence-electron chi connectivity index (χ4n) is 3.28. The van der Waals surface area contributed by atoms with E-state index in [1.54, 1.807) is 0 Å². The molecule has 4 rings (SSSR count). The first-order chi connectivity index (χ1) is 12.2. The predicted octanol–water partition coefficient (Wildman–Crippen LogP) is 3.71. The molecule has 2 heterocycles. The van der Waals surface area contributed by atoms with Crippen molar-refractivity contribution >= 4 is 39.3 Å². The molecule has 4 nitrogen and oxygen atoms in total. The minimum absolute atomic E-state index is 0.00843. The Morgan fingerprint density at radius 2 is 2.00 bits per heavy atom. The van der Waals surface area contributed by atoms with E-state index in [2.05, 4.69) is 28.4 Å². The lowest BCUT2D eigenvalue weighted by atomic mass is 10.00. The molecule has 1 aromatic heterocycles. The van der Waals surface area contributed by atoms with Crippen LogP contribution < -0.4 is 5.32 Å². The Balaban J connectivity index is 1.41. The van der Waals surface area contributed by atoms with Gasteiger partial charge < -0.3 is 5.32 Å². The van der Waals surface area contributed by atoms with Crippen molar-refractivity contribution in [3.63, 3.8) is 0 Å². The lowest BCUT2D eigenvalue weighted by Gasteiger charge is -2.28. The number of hydrogen-bond donors (Lipinski definition) is 1. The first-order valence-electron chi connectivity index (χ1n) is 8.29. The molecule has 1 amide bonds. The van der Waals surface area contributed by atoms with Crippen molar-refractivity contribution in [3.8, 4) is 0 Å². The van der Waals surface area contributed by atoms with E-state index in [-0.39, 0.29) is 5.91 Å². The Bertz CT molecular complexity index is 948. The highest BCUT2D eigenvalue weighted by molar-refractivity contribution is 7.20. The molecule has 126 valence electrons. The van der Waals surface area contributed by atoms with Crippen LogP contribution in [0.15, 0.2) is 48.5 Å². The van der Waals surface area contributed by atoms with Gasteiger partial charge >= 0.3 is 0 Å². The molecule has 0 aliphatic carbocycles. The molecule has 25 heavy (non-hydrogen) atoms. The van der Waals surface area contributed by atoms with Crippen molar-refractivity contribution in [2.24, 2.45) is 0 Å². The van der Waals surface area contributed by atoms with Gasteiger partial charge in [0.2, 0.25) is 5.91 Å². The number of nitrogens with zero attached hydrogens (tertiary/aromatic N) is 1. The lowest BCUT2D eigenvalue weighted by molar-refractivity contribution is -0.117. The summed E-state index contributed by atoms with van der Waals surface area (Å²) < 4.78 is 1.01. The van der Waals surface area contributed by atoms with Crippen LogP contribution in [0.25, 0.3) is 10.1 Å². The summed E-state index contributed by atoms with van der Waals surface area (Å²) in [4.78, 5) is 26.1. The molecule has 1 aliphatic heterocycles. The summed E-state index contributed by atoms with van der Waals surface area (Å²) in [6, 6.07) is 16.0. The highest BCUT2D eigenvalue weighted by atomic mass is 32.1. The Morgan fingerprint density at radius 3 is 2.84 bits per heavy atom. The maximum absolute atomic E-state index is 12.4. The van der Waals surface area contributed by atoms with Crippen LogP contribution >= 0.6 is 11.3 Å². The first kappa shape index (κ1) is 16.0. The van der Waals surface area contributed by atoms with Crippen molar-refractivity contribution in [1.82, 2.24) is 4.90 Å². The molecule has 5 heteroatoms. The molecule has 3 aromatic rings. The number of anilines is 1. The molecule has 1 aliphatic rings. The maximum Gasteiger partial charge on any atom is 0.238 e. The van der Waals surface area contributed by atoms with Crippen LogP contribution in [0.1, 0.15) is 20.8 Å². The van der Waals surface area contributed by atoms with Gasteiger partial charge in [-0.15, -0.1) is 11.3 Å². The third kappa shape index (κ3) is 3.48. The highest BCUT2D eigenvalue weighted by Crippen LogP contribution is 2.27. The number of amides is 1. The monoisotopic (exact) mass is 350 g/mol. The summed E-state index contributed by atoms with van der Waals surface area (Å²) >= 11 is 1.44. The topological polar surface area (TPSA) is 49.4 Å². The van der Waals surface area contributed by atoms with Gasteiger partial charge in [-0.2, -0.15) is 0 Å².